The Morgan fingerprint density at radius 3 is 3.08 bits per heavy atom. The van der Waals surface area contributed by atoms with Crippen LogP contribution >= 0.6 is 24.2 Å². The zero-order chi connectivity index (χ0) is 9.68. The van der Waals surface area contributed by atoms with Gasteiger partial charge in [-0.3, -0.25) is 0 Å². The molecule has 0 aliphatic rings. The van der Waals surface area contributed by atoms with Crippen molar-refractivity contribution in [3.05, 3.63) is 34.9 Å². The van der Waals surface area contributed by atoms with Crippen molar-refractivity contribution in [2.24, 2.45) is 0 Å². The fourth-order valence-electron chi connectivity index (χ4n) is 0.840. The van der Waals surface area contributed by atoms with Gasteiger partial charge in [0, 0.05) is 5.56 Å². The van der Waals surface area contributed by atoms with Gasteiger partial charge in [0.1, 0.15) is 11.0 Å². The van der Waals surface area contributed by atoms with Gasteiger partial charge < -0.3 is 0 Å². The van der Waals surface area contributed by atoms with Crippen LogP contribution in [0.5, 0.6) is 0 Å². The Morgan fingerprint density at radius 2 is 2.38 bits per heavy atom. The lowest BCUT2D eigenvalue weighted by Crippen LogP contribution is -1.84. The highest BCUT2D eigenvalue weighted by molar-refractivity contribution is 7.80. The molecular formula is C9H9ClFNS. The van der Waals surface area contributed by atoms with E-state index in [1.165, 1.54) is 6.07 Å². The number of aromatic nitrogens is 1. The number of hydrogen-bond acceptors (Lipinski definition) is 2. The Hall–Kier alpha value is -0.540. The van der Waals surface area contributed by atoms with Crippen LogP contribution in [-0.2, 0) is 0 Å². The minimum Gasteiger partial charge on any atom is -0.241 e. The fourth-order valence-corrected chi connectivity index (χ4v) is 1.16. The molecule has 0 N–H and O–H groups in total. The van der Waals surface area contributed by atoms with Crippen molar-refractivity contribution in [3.63, 3.8) is 0 Å². The number of halogens is 2. The first-order valence-corrected chi connectivity index (χ1v) is 4.83. The lowest BCUT2D eigenvalue weighted by Gasteiger charge is -1.96. The molecule has 0 atom stereocenters. The average molecular weight is 218 g/mol. The third kappa shape index (κ3) is 3.36. The first kappa shape index (κ1) is 10.5. The van der Waals surface area contributed by atoms with Gasteiger partial charge in [-0.25, -0.2) is 9.37 Å². The van der Waals surface area contributed by atoms with Crippen LogP contribution < -0.4 is 0 Å². The molecule has 0 bridgehead atoms. The Morgan fingerprint density at radius 1 is 1.62 bits per heavy atom. The topological polar surface area (TPSA) is 12.9 Å². The van der Waals surface area contributed by atoms with Crippen LogP contribution in [-0.4, -0.2) is 10.7 Å². The second-order valence-corrected chi connectivity index (χ2v) is 3.28. The number of nitrogens with zero attached hydrogens (tertiary/aromatic N) is 1. The average Bonchev–Trinajstić information content (AvgIpc) is 2.11. The minimum atomic E-state index is -0.361. The summed E-state index contributed by atoms with van der Waals surface area (Å²) in [6.45, 7) is 0. The van der Waals surface area contributed by atoms with Crippen LogP contribution in [0.15, 0.2) is 18.3 Å². The molecule has 1 aromatic rings. The number of thiol groups is 1. The molecule has 4 heteroatoms. The summed E-state index contributed by atoms with van der Waals surface area (Å²) in [5.41, 5.74) is 0.460. The zero-order valence-electron chi connectivity index (χ0n) is 6.87. The summed E-state index contributed by atoms with van der Waals surface area (Å²) in [7, 11) is 0. The molecule has 0 fully saturated rings. The van der Waals surface area contributed by atoms with E-state index < -0.39 is 0 Å². The molecule has 0 aliphatic heterocycles. The van der Waals surface area contributed by atoms with Crippen molar-refractivity contribution in [1.29, 1.82) is 0 Å². The van der Waals surface area contributed by atoms with Gasteiger partial charge in [0.2, 0.25) is 0 Å². The molecule has 0 saturated carbocycles. The summed E-state index contributed by atoms with van der Waals surface area (Å²) < 4.78 is 13.0. The molecule has 1 aromatic heterocycles. The van der Waals surface area contributed by atoms with E-state index in [9.17, 15) is 4.39 Å². The van der Waals surface area contributed by atoms with E-state index in [0.29, 0.717) is 10.7 Å². The monoisotopic (exact) mass is 217 g/mol. The highest BCUT2D eigenvalue weighted by Gasteiger charge is 1.99. The normalized spacial score (nSPS) is 11.0. The summed E-state index contributed by atoms with van der Waals surface area (Å²) in [5.74, 6) is 0.386. The van der Waals surface area contributed by atoms with Crippen molar-refractivity contribution >= 4 is 30.3 Å². The second-order valence-electron chi connectivity index (χ2n) is 2.44. The molecule has 0 saturated heterocycles. The van der Waals surface area contributed by atoms with E-state index in [0.717, 1.165) is 18.4 Å². The minimum absolute atomic E-state index is 0.298. The van der Waals surface area contributed by atoms with Crippen molar-refractivity contribution < 1.29 is 4.39 Å². The second kappa shape index (κ2) is 5.25. The van der Waals surface area contributed by atoms with Crippen LogP contribution in [0, 0.1) is 5.82 Å². The Bertz CT molecular complexity index is 314. The van der Waals surface area contributed by atoms with Crippen LogP contribution in [0.25, 0.3) is 6.08 Å². The van der Waals surface area contributed by atoms with Gasteiger partial charge >= 0.3 is 0 Å². The summed E-state index contributed by atoms with van der Waals surface area (Å²) in [4.78, 5) is 3.61. The molecule has 1 nitrogen and oxygen atoms in total. The third-order valence-corrected chi connectivity index (χ3v) is 1.91. The van der Waals surface area contributed by atoms with E-state index in [1.54, 1.807) is 6.08 Å². The molecule has 0 unspecified atom stereocenters. The highest BCUT2D eigenvalue weighted by Crippen LogP contribution is 2.13. The lowest BCUT2D eigenvalue weighted by atomic mass is 10.2. The Labute approximate surface area is 87.0 Å². The van der Waals surface area contributed by atoms with E-state index in [-0.39, 0.29) is 5.82 Å². The maximum absolute atomic E-state index is 13.0. The summed E-state index contributed by atoms with van der Waals surface area (Å²) in [5, 5.41) is 0.298. The standard InChI is InChI=1S/C9H9ClFNS/c10-9-5-7(3-1-2-4-13)8(11)6-12-9/h1,3,5-6,13H,2,4H2. The van der Waals surface area contributed by atoms with Gasteiger partial charge in [0.05, 0.1) is 6.20 Å². The predicted molar refractivity (Wildman–Crippen MR) is 56.7 cm³/mol. The first-order valence-electron chi connectivity index (χ1n) is 3.82. The van der Waals surface area contributed by atoms with Gasteiger partial charge in [-0.2, -0.15) is 12.6 Å². The maximum atomic E-state index is 13.0. The molecule has 1 rings (SSSR count). The first-order chi connectivity index (χ1) is 6.24. The molecule has 0 spiro atoms. The number of allylic oxidation sites excluding steroid dienone is 1. The highest BCUT2D eigenvalue weighted by atomic mass is 35.5. The van der Waals surface area contributed by atoms with E-state index in [1.807, 2.05) is 6.08 Å². The van der Waals surface area contributed by atoms with E-state index in [2.05, 4.69) is 17.6 Å². The summed E-state index contributed by atoms with van der Waals surface area (Å²) in [6, 6.07) is 1.49. The number of hydrogen-bond donors (Lipinski definition) is 1. The molecule has 0 aromatic carbocycles. The molecule has 0 aliphatic carbocycles. The molecule has 0 radical (unpaired) electrons. The van der Waals surface area contributed by atoms with Crippen molar-refractivity contribution in [3.8, 4) is 0 Å². The summed E-state index contributed by atoms with van der Waals surface area (Å²) in [6.07, 6.45) is 5.45. The zero-order valence-corrected chi connectivity index (χ0v) is 8.52. The SMILES string of the molecule is Fc1cnc(Cl)cc1C=CCCS. The molecule has 13 heavy (non-hydrogen) atoms. The van der Waals surface area contributed by atoms with Crippen LogP contribution in [0.4, 0.5) is 4.39 Å². The van der Waals surface area contributed by atoms with E-state index >= 15 is 0 Å². The molecular weight excluding hydrogens is 209 g/mol. The van der Waals surface area contributed by atoms with E-state index in [4.69, 9.17) is 11.6 Å². The fraction of sp³-hybridized carbons (Fsp3) is 0.222. The van der Waals surface area contributed by atoms with Crippen molar-refractivity contribution in [2.45, 2.75) is 6.42 Å². The Balaban J connectivity index is 2.81. The molecule has 70 valence electrons. The van der Waals surface area contributed by atoms with Gasteiger partial charge in [0.15, 0.2) is 0 Å². The number of rotatable bonds is 3. The quantitative estimate of drug-likeness (QED) is 0.606. The largest absolute Gasteiger partial charge is 0.241 e. The van der Waals surface area contributed by atoms with Gasteiger partial charge in [-0.1, -0.05) is 23.8 Å². The van der Waals surface area contributed by atoms with Gasteiger partial charge in [-0.15, -0.1) is 0 Å². The van der Waals surface area contributed by atoms with Crippen molar-refractivity contribution in [2.75, 3.05) is 5.75 Å². The lowest BCUT2D eigenvalue weighted by molar-refractivity contribution is 0.618. The summed E-state index contributed by atoms with van der Waals surface area (Å²) >= 11 is 9.63. The van der Waals surface area contributed by atoms with Gasteiger partial charge in [0.25, 0.3) is 0 Å². The maximum Gasteiger partial charge on any atom is 0.148 e. The molecule has 1 heterocycles. The van der Waals surface area contributed by atoms with Crippen LogP contribution in [0.3, 0.4) is 0 Å². The number of pyridine rings is 1. The van der Waals surface area contributed by atoms with Gasteiger partial charge in [-0.05, 0) is 18.2 Å². The van der Waals surface area contributed by atoms with Crippen LogP contribution in [0.2, 0.25) is 5.15 Å². The smallest absolute Gasteiger partial charge is 0.148 e. The Kier molecular flexibility index (Phi) is 4.25. The van der Waals surface area contributed by atoms with Crippen LogP contribution in [0.1, 0.15) is 12.0 Å². The van der Waals surface area contributed by atoms with Crippen molar-refractivity contribution in [1.82, 2.24) is 4.98 Å². The molecule has 0 amide bonds. The predicted octanol–water partition coefficient (Wildman–Crippen LogP) is 3.21. The third-order valence-electron chi connectivity index (χ3n) is 1.44.